The molecule has 0 aromatic rings. The van der Waals surface area contributed by atoms with Gasteiger partial charge in [0.2, 0.25) is 0 Å². The number of rotatable bonds is 9. The first-order valence-electron chi connectivity index (χ1n) is 6.34. The number of carbonyl (C=O) groups is 3. The van der Waals surface area contributed by atoms with E-state index in [1.807, 2.05) is 0 Å². The lowest BCUT2D eigenvalue weighted by Gasteiger charge is -2.16. The predicted octanol–water partition coefficient (Wildman–Crippen LogP) is 0.326. The van der Waals surface area contributed by atoms with Crippen molar-refractivity contribution < 1.29 is 28.7 Å². The van der Waals surface area contributed by atoms with Crippen LogP contribution in [0.1, 0.15) is 19.8 Å². The van der Waals surface area contributed by atoms with Gasteiger partial charge in [-0.2, -0.15) is 0 Å². The van der Waals surface area contributed by atoms with E-state index in [1.165, 1.54) is 6.92 Å². The molecule has 0 spiro atoms. The topological polar surface area (TPSA) is 131 Å². The van der Waals surface area contributed by atoms with E-state index < -0.39 is 23.9 Å². The largest absolute Gasteiger partial charge is 0.379 e. The molecule has 1 atom stereocenters. The van der Waals surface area contributed by atoms with Crippen LogP contribution in [0, 0.1) is 0 Å². The average molecular weight is 300 g/mol. The van der Waals surface area contributed by atoms with Crippen LogP contribution < -0.4 is 0 Å². The second-order valence-electron chi connectivity index (χ2n) is 4.07. The highest BCUT2D eigenvalue weighted by atomic mass is 16.7. The molecule has 1 rings (SSSR count). The number of hydrogen-bond donors (Lipinski definition) is 0. The van der Waals surface area contributed by atoms with Crippen molar-refractivity contribution in [3.05, 3.63) is 10.4 Å². The molecule has 10 nitrogen and oxygen atoms in total. The minimum atomic E-state index is -0.938. The Morgan fingerprint density at radius 3 is 2.62 bits per heavy atom. The third-order valence-electron chi connectivity index (χ3n) is 2.51. The maximum absolute atomic E-state index is 11.6. The van der Waals surface area contributed by atoms with E-state index in [9.17, 15) is 14.4 Å². The fraction of sp³-hybridized carbons (Fsp3) is 0.727. The van der Waals surface area contributed by atoms with Gasteiger partial charge >= 0.3 is 5.97 Å². The van der Waals surface area contributed by atoms with Crippen molar-refractivity contribution in [3.8, 4) is 0 Å². The normalized spacial score (nSPS) is 15.8. The van der Waals surface area contributed by atoms with Gasteiger partial charge in [-0.3, -0.25) is 9.59 Å². The Bertz CT molecular complexity index is 432. The van der Waals surface area contributed by atoms with Crippen molar-refractivity contribution in [1.82, 2.24) is 5.06 Å². The summed E-state index contributed by atoms with van der Waals surface area (Å²) in [5, 5.41) is 3.75. The van der Waals surface area contributed by atoms with Crippen LogP contribution in [0.3, 0.4) is 0 Å². The van der Waals surface area contributed by atoms with E-state index in [0.717, 1.165) is 0 Å². The van der Waals surface area contributed by atoms with Gasteiger partial charge in [-0.05, 0) is 12.5 Å². The van der Waals surface area contributed by atoms with E-state index in [4.69, 9.17) is 15.0 Å². The second-order valence-corrected chi connectivity index (χ2v) is 4.07. The Morgan fingerprint density at radius 1 is 1.33 bits per heavy atom. The SMILES string of the molecule is CC(OCCOCCN=[N+]=[N-])C(=O)ON1C(=O)CCC1=O. The first kappa shape index (κ1) is 16.9. The van der Waals surface area contributed by atoms with Crippen LogP contribution in [-0.2, 0) is 28.7 Å². The van der Waals surface area contributed by atoms with Gasteiger partial charge in [0.05, 0.1) is 19.8 Å². The highest BCUT2D eigenvalue weighted by Crippen LogP contribution is 2.13. The Balaban J connectivity index is 2.18. The average Bonchev–Trinajstić information content (AvgIpc) is 2.77. The maximum Gasteiger partial charge on any atom is 0.361 e. The van der Waals surface area contributed by atoms with Gasteiger partial charge in [0, 0.05) is 24.3 Å². The monoisotopic (exact) mass is 300 g/mol. The van der Waals surface area contributed by atoms with Crippen LogP contribution in [0.4, 0.5) is 0 Å². The van der Waals surface area contributed by atoms with Gasteiger partial charge in [-0.25, -0.2) is 4.79 Å². The van der Waals surface area contributed by atoms with Crippen LogP contribution in [0.2, 0.25) is 0 Å². The molecule has 21 heavy (non-hydrogen) atoms. The van der Waals surface area contributed by atoms with Gasteiger partial charge in [-0.1, -0.05) is 5.11 Å². The van der Waals surface area contributed by atoms with Crippen LogP contribution in [0.25, 0.3) is 10.4 Å². The first-order valence-corrected chi connectivity index (χ1v) is 6.34. The minimum absolute atomic E-state index is 0.0420. The summed E-state index contributed by atoms with van der Waals surface area (Å²) in [5.74, 6) is -1.91. The number of carbonyl (C=O) groups excluding carboxylic acids is 3. The van der Waals surface area contributed by atoms with Gasteiger partial charge < -0.3 is 14.3 Å². The highest BCUT2D eigenvalue weighted by Gasteiger charge is 2.34. The van der Waals surface area contributed by atoms with Crippen LogP contribution in [0.15, 0.2) is 5.11 Å². The zero-order valence-corrected chi connectivity index (χ0v) is 11.6. The standard InChI is InChI=1S/C11H16N4O6/c1-8(20-7-6-19-5-4-13-14-12)11(18)21-15-9(16)2-3-10(15)17/h8H,2-7H2,1H3. The molecule has 1 aliphatic rings. The van der Waals surface area contributed by atoms with Crippen molar-refractivity contribution in [1.29, 1.82) is 0 Å². The summed E-state index contributed by atoms with van der Waals surface area (Å²) in [6.07, 6.45) is -0.854. The molecule has 116 valence electrons. The number of nitrogens with zero attached hydrogens (tertiary/aromatic N) is 4. The van der Waals surface area contributed by atoms with Gasteiger partial charge in [0.15, 0.2) is 6.10 Å². The van der Waals surface area contributed by atoms with Gasteiger partial charge in [-0.15, -0.1) is 5.06 Å². The number of amides is 2. The number of imide groups is 1. The van der Waals surface area contributed by atoms with E-state index in [0.29, 0.717) is 5.06 Å². The molecule has 2 amide bonds. The highest BCUT2D eigenvalue weighted by molar-refractivity contribution is 6.01. The summed E-state index contributed by atoms with van der Waals surface area (Å²) in [6.45, 7) is 2.23. The summed E-state index contributed by atoms with van der Waals surface area (Å²) in [6, 6.07) is 0. The Labute approximate surface area is 120 Å². The minimum Gasteiger partial charge on any atom is -0.379 e. The lowest BCUT2D eigenvalue weighted by molar-refractivity contribution is -0.204. The smallest absolute Gasteiger partial charge is 0.361 e. The van der Waals surface area contributed by atoms with Crippen molar-refractivity contribution in [3.63, 3.8) is 0 Å². The Hall–Kier alpha value is -2.16. The zero-order chi connectivity index (χ0) is 15.7. The first-order chi connectivity index (χ1) is 10.1. The Kier molecular flexibility index (Phi) is 7.16. The lowest BCUT2D eigenvalue weighted by atomic mass is 10.4. The molecule has 1 fully saturated rings. The zero-order valence-electron chi connectivity index (χ0n) is 11.6. The molecule has 1 saturated heterocycles. The fourth-order valence-electron chi connectivity index (χ4n) is 1.43. The van der Waals surface area contributed by atoms with Crippen LogP contribution in [0.5, 0.6) is 0 Å². The number of hydroxylamine groups is 2. The van der Waals surface area contributed by atoms with E-state index in [-0.39, 0.29) is 39.2 Å². The molecule has 10 heteroatoms. The molecular weight excluding hydrogens is 284 g/mol. The predicted molar refractivity (Wildman–Crippen MR) is 67.4 cm³/mol. The quantitative estimate of drug-likeness (QED) is 0.198. The van der Waals surface area contributed by atoms with E-state index in [2.05, 4.69) is 14.9 Å². The van der Waals surface area contributed by atoms with Crippen molar-refractivity contribution in [2.24, 2.45) is 5.11 Å². The third-order valence-corrected chi connectivity index (χ3v) is 2.51. The van der Waals surface area contributed by atoms with Crippen LogP contribution >= 0.6 is 0 Å². The summed E-state index contributed by atoms with van der Waals surface area (Å²) >= 11 is 0. The summed E-state index contributed by atoms with van der Waals surface area (Å²) < 4.78 is 10.2. The van der Waals surface area contributed by atoms with E-state index in [1.54, 1.807) is 0 Å². The molecule has 1 aliphatic heterocycles. The van der Waals surface area contributed by atoms with Gasteiger partial charge in [0.1, 0.15) is 0 Å². The molecule has 0 aliphatic carbocycles. The molecule has 1 heterocycles. The summed E-state index contributed by atoms with van der Waals surface area (Å²) in [7, 11) is 0. The number of ether oxygens (including phenoxy) is 2. The van der Waals surface area contributed by atoms with Crippen molar-refractivity contribution >= 4 is 17.8 Å². The van der Waals surface area contributed by atoms with E-state index >= 15 is 0 Å². The maximum atomic E-state index is 11.6. The molecule has 0 saturated carbocycles. The van der Waals surface area contributed by atoms with Crippen LogP contribution in [-0.4, -0.2) is 55.3 Å². The molecular formula is C11H16N4O6. The molecule has 0 aromatic carbocycles. The second kappa shape index (κ2) is 8.90. The molecule has 1 unspecified atom stereocenters. The van der Waals surface area contributed by atoms with Gasteiger partial charge in [0.25, 0.3) is 11.8 Å². The third kappa shape index (κ3) is 5.78. The molecule has 0 N–H and O–H groups in total. The van der Waals surface area contributed by atoms with Crippen molar-refractivity contribution in [2.45, 2.75) is 25.9 Å². The molecule has 0 bridgehead atoms. The summed E-state index contributed by atoms with van der Waals surface area (Å²) in [5.41, 5.74) is 8.03. The summed E-state index contributed by atoms with van der Waals surface area (Å²) in [4.78, 5) is 41.4. The lowest BCUT2D eigenvalue weighted by Crippen LogP contribution is -2.36. The molecule has 0 radical (unpaired) electrons. The number of hydrogen-bond acceptors (Lipinski definition) is 7. The molecule has 0 aromatic heterocycles. The Morgan fingerprint density at radius 2 is 2.00 bits per heavy atom. The van der Waals surface area contributed by atoms with Crippen molar-refractivity contribution in [2.75, 3.05) is 26.4 Å². The fourth-order valence-corrected chi connectivity index (χ4v) is 1.43. The number of azide groups is 1.